The average molecular weight is 328 g/mol. The number of thioether (sulfide) groups is 2. The van der Waals surface area contributed by atoms with Gasteiger partial charge < -0.3 is 0 Å². The molecule has 0 unspecified atom stereocenters. The summed E-state index contributed by atoms with van der Waals surface area (Å²) in [7, 11) is 0. The topological polar surface area (TPSA) is 34.1 Å². The predicted molar refractivity (Wildman–Crippen MR) is 79.8 cm³/mol. The van der Waals surface area contributed by atoms with Gasteiger partial charge in [0.05, 0.1) is 8.42 Å². The molecule has 0 saturated heterocycles. The van der Waals surface area contributed by atoms with Gasteiger partial charge in [-0.3, -0.25) is 9.59 Å². The van der Waals surface area contributed by atoms with Gasteiger partial charge in [0.1, 0.15) is 3.14 Å². The molecule has 2 heterocycles. The van der Waals surface area contributed by atoms with Crippen LogP contribution < -0.4 is 0 Å². The molecule has 0 aliphatic carbocycles. The van der Waals surface area contributed by atoms with E-state index in [0.717, 1.165) is 35.1 Å². The summed E-state index contributed by atoms with van der Waals surface area (Å²) in [6.07, 6.45) is 0. The molecule has 0 atom stereocenters. The molecule has 1 aromatic carbocycles. The zero-order valence-electron chi connectivity index (χ0n) is 8.67. The molecule has 0 fully saturated rings. The third-order valence-corrected chi connectivity index (χ3v) is 7.48. The highest BCUT2D eigenvalue weighted by Crippen LogP contribution is 2.45. The lowest BCUT2D eigenvalue weighted by atomic mass is 10.1. The number of carbonyl (C=O) groups is 2. The molecule has 0 bridgehead atoms. The van der Waals surface area contributed by atoms with Gasteiger partial charge in [0.15, 0.2) is 0 Å². The van der Waals surface area contributed by atoms with Crippen LogP contribution in [0.5, 0.6) is 0 Å². The van der Waals surface area contributed by atoms with E-state index in [1.807, 2.05) is 0 Å². The van der Waals surface area contributed by atoms with Crippen molar-refractivity contribution in [1.82, 2.24) is 0 Å². The molecule has 2 nitrogen and oxygen atoms in total. The SMILES string of the molecule is O=C1Sc2sc(=S)sc2SC(=O)c2ccccc21. The van der Waals surface area contributed by atoms with Crippen LogP contribution in [0.4, 0.5) is 0 Å². The number of fused-ring (bicyclic) bond motifs is 2. The third kappa shape index (κ3) is 2.21. The highest BCUT2D eigenvalue weighted by molar-refractivity contribution is 8.19. The van der Waals surface area contributed by atoms with Gasteiger partial charge in [-0.25, -0.2) is 0 Å². The van der Waals surface area contributed by atoms with Crippen LogP contribution in [0.15, 0.2) is 32.7 Å². The molecular weight excluding hydrogens is 324 g/mol. The van der Waals surface area contributed by atoms with Crippen molar-refractivity contribution >= 4 is 68.6 Å². The van der Waals surface area contributed by atoms with Crippen molar-refractivity contribution in [2.75, 3.05) is 0 Å². The van der Waals surface area contributed by atoms with Crippen LogP contribution in [0.1, 0.15) is 20.7 Å². The largest absolute Gasteiger partial charge is 0.281 e. The monoisotopic (exact) mass is 328 g/mol. The minimum Gasteiger partial charge on any atom is -0.281 e. The van der Waals surface area contributed by atoms with Gasteiger partial charge in [0, 0.05) is 11.1 Å². The summed E-state index contributed by atoms with van der Waals surface area (Å²) >= 11 is 10.2. The third-order valence-electron chi connectivity index (χ3n) is 2.26. The van der Waals surface area contributed by atoms with Crippen molar-refractivity contribution in [2.45, 2.75) is 8.42 Å². The molecule has 0 spiro atoms. The van der Waals surface area contributed by atoms with Gasteiger partial charge in [-0.15, -0.1) is 22.7 Å². The summed E-state index contributed by atoms with van der Waals surface area (Å²) in [5, 5.41) is -0.186. The fourth-order valence-corrected chi connectivity index (χ4v) is 7.13. The Labute approximate surface area is 124 Å². The van der Waals surface area contributed by atoms with Gasteiger partial charge in [0.25, 0.3) is 0 Å². The minimum atomic E-state index is -0.0930. The lowest BCUT2D eigenvalue weighted by Crippen LogP contribution is -2.05. The lowest BCUT2D eigenvalue weighted by molar-refractivity contribution is 0.105. The van der Waals surface area contributed by atoms with Crippen LogP contribution in [0.25, 0.3) is 0 Å². The zero-order valence-corrected chi connectivity index (χ0v) is 12.7. The highest BCUT2D eigenvalue weighted by Gasteiger charge is 2.25. The number of rotatable bonds is 0. The van der Waals surface area contributed by atoms with Crippen molar-refractivity contribution in [2.24, 2.45) is 0 Å². The number of benzene rings is 1. The Morgan fingerprint density at radius 3 is 1.72 bits per heavy atom. The zero-order chi connectivity index (χ0) is 12.7. The van der Waals surface area contributed by atoms with Crippen molar-refractivity contribution in [1.29, 1.82) is 0 Å². The van der Waals surface area contributed by atoms with E-state index in [1.54, 1.807) is 24.3 Å². The normalized spacial score (nSPS) is 14.7. The summed E-state index contributed by atoms with van der Waals surface area (Å²) < 4.78 is 2.41. The maximum Gasteiger partial charge on any atom is 0.225 e. The van der Waals surface area contributed by atoms with Crippen molar-refractivity contribution in [3.63, 3.8) is 0 Å². The molecule has 7 heteroatoms. The van der Waals surface area contributed by atoms with Crippen LogP contribution in [-0.2, 0) is 0 Å². The minimum absolute atomic E-state index is 0.0930. The van der Waals surface area contributed by atoms with Gasteiger partial charge in [-0.05, 0) is 35.7 Å². The van der Waals surface area contributed by atoms with Crippen LogP contribution in [0.2, 0.25) is 0 Å². The highest BCUT2D eigenvalue weighted by atomic mass is 32.2. The first-order chi connectivity index (χ1) is 8.65. The van der Waals surface area contributed by atoms with Crippen molar-refractivity contribution < 1.29 is 9.59 Å². The predicted octanol–water partition coefficient (Wildman–Crippen LogP) is 4.72. The lowest BCUT2D eigenvalue weighted by Gasteiger charge is -2.10. The Balaban J connectivity index is 2.18. The maximum absolute atomic E-state index is 12.2. The van der Waals surface area contributed by atoms with Crippen LogP contribution in [0, 0.1) is 3.14 Å². The summed E-state index contributed by atoms with van der Waals surface area (Å²) in [6.45, 7) is 0. The Kier molecular flexibility index (Phi) is 3.42. The van der Waals surface area contributed by atoms with E-state index in [0.29, 0.717) is 11.1 Å². The molecule has 18 heavy (non-hydrogen) atoms. The molecule has 0 amide bonds. The van der Waals surface area contributed by atoms with E-state index in [1.165, 1.54) is 22.7 Å². The molecule has 2 aromatic rings. The first-order valence-electron chi connectivity index (χ1n) is 4.82. The van der Waals surface area contributed by atoms with E-state index in [9.17, 15) is 9.59 Å². The molecule has 1 aliphatic heterocycles. The Morgan fingerprint density at radius 1 is 0.833 bits per heavy atom. The van der Waals surface area contributed by atoms with Gasteiger partial charge in [-0.1, -0.05) is 24.4 Å². The number of hydrogen-bond acceptors (Lipinski definition) is 7. The molecule has 3 rings (SSSR count). The molecule has 90 valence electrons. The second kappa shape index (κ2) is 4.90. The summed E-state index contributed by atoms with van der Waals surface area (Å²) in [4.78, 5) is 24.3. The van der Waals surface area contributed by atoms with Gasteiger partial charge in [-0.2, -0.15) is 0 Å². The van der Waals surface area contributed by atoms with Crippen LogP contribution >= 0.6 is 58.4 Å². The quantitative estimate of drug-likeness (QED) is 0.654. The van der Waals surface area contributed by atoms with E-state index >= 15 is 0 Å². The molecule has 0 N–H and O–H groups in total. The maximum atomic E-state index is 12.2. The summed E-state index contributed by atoms with van der Waals surface area (Å²) in [5.41, 5.74) is 0.963. The van der Waals surface area contributed by atoms with Crippen molar-refractivity contribution in [3.8, 4) is 0 Å². The Bertz CT molecular complexity index is 655. The molecule has 1 aliphatic rings. The summed E-state index contributed by atoms with van der Waals surface area (Å²) in [5.74, 6) is 0. The molecule has 0 saturated carbocycles. The van der Waals surface area contributed by atoms with E-state index in [4.69, 9.17) is 12.2 Å². The Morgan fingerprint density at radius 2 is 1.28 bits per heavy atom. The number of hydrogen-bond donors (Lipinski definition) is 0. The average Bonchev–Trinajstić information content (AvgIpc) is 2.68. The van der Waals surface area contributed by atoms with Gasteiger partial charge >= 0.3 is 0 Å². The van der Waals surface area contributed by atoms with E-state index in [2.05, 4.69) is 0 Å². The van der Waals surface area contributed by atoms with Gasteiger partial charge in [0.2, 0.25) is 10.2 Å². The van der Waals surface area contributed by atoms with E-state index in [-0.39, 0.29) is 10.2 Å². The summed E-state index contributed by atoms with van der Waals surface area (Å²) in [6, 6.07) is 6.93. The smallest absolute Gasteiger partial charge is 0.225 e. The fraction of sp³-hybridized carbons (Fsp3) is 0. The molecule has 1 aromatic heterocycles. The second-order valence-electron chi connectivity index (χ2n) is 3.35. The first-order valence-corrected chi connectivity index (χ1v) is 8.50. The Hall–Kier alpha value is -0.470. The first kappa shape index (κ1) is 12.6. The standard InChI is InChI=1S/C11H4O2S5/c12-7-5-3-1-2-4-6(5)8(13)16-10-9(15-7)17-11(14)18-10/h1-4H. The van der Waals surface area contributed by atoms with E-state index < -0.39 is 0 Å². The fourth-order valence-electron chi connectivity index (χ4n) is 1.50. The number of carbonyl (C=O) groups excluding carboxylic acids is 2. The van der Waals surface area contributed by atoms with Crippen molar-refractivity contribution in [3.05, 3.63) is 38.5 Å². The molecular formula is C11H4O2S5. The molecule has 0 radical (unpaired) electrons. The van der Waals surface area contributed by atoms with Crippen LogP contribution in [-0.4, -0.2) is 10.2 Å². The van der Waals surface area contributed by atoms with Crippen LogP contribution in [0.3, 0.4) is 0 Å². The second-order valence-corrected chi connectivity index (χ2v) is 9.06.